The van der Waals surface area contributed by atoms with E-state index in [4.69, 9.17) is 11.6 Å². The van der Waals surface area contributed by atoms with Crippen LogP contribution in [-0.4, -0.2) is 10.5 Å². The highest BCUT2D eigenvalue weighted by atomic mass is 79.9. The van der Waals surface area contributed by atoms with Crippen LogP contribution in [0.1, 0.15) is 28.9 Å². The third-order valence-corrected chi connectivity index (χ3v) is 4.56. The van der Waals surface area contributed by atoms with Crippen LogP contribution in [0.5, 0.6) is 0 Å². The molecule has 1 amide bonds. The van der Waals surface area contributed by atoms with Crippen molar-refractivity contribution in [3.63, 3.8) is 0 Å². The second-order valence-corrected chi connectivity index (χ2v) is 6.46. The summed E-state index contributed by atoms with van der Waals surface area (Å²) in [6, 6.07) is 7.84. The van der Waals surface area contributed by atoms with Crippen LogP contribution >= 0.6 is 27.5 Å². The number of nitrogens with zero attached hydrogens (tertiary/aromatic N) is 1. The highest BCUT2D eigenvalue weighted by molar-refractivity contribution is 9.10. The summed E-state index contributed by atoms with van der Waals surface area (Å²) < 4.78 is 2.87. The third-order valence-electron chi connectivity index (χ3n) is 3.86. The lowest BCUT2D eigenvalue weighted by molar-refractivity contribution is 0.0927. The van der Waals surface area contributed by atoms with Crippen molar-refractivity contribution in [1.82, 2.24) is 9.88 Å². The molecule has 1 saturated carbocycles. The molecule has 19 heavy (non-hydrogen) atoms. The number of halogens is 2. The van der Waals surface area contributed by atoms with Crippen molar-refractivity contribution in [2.24, 2.45) is 0 Å². The van der Waals surface area contributed by atoms with Gasteiger partial charge in [0.2, 0.25) is 0 Å². The second-order valence-electron chi connectivity index (χ2n) is 5.11. The van der Waals surface area contributed by atoms with Crippen LogP contribution in [0.3, 0.4) is 0 Å². The van der Waals surface area contributed by atoms with Gasteiger partial charge in [-0.2, -0.15) is 0 Å². The molecule has 0 radical (unpaired) electrons. The topological polar surface area (TPSA) is 34.0 Å². The number of benzene rings is 1. The summed E-state index contributed by atoms with van der Waals surface area (Å²) in [6.07, 6.45) is 3.78. The van der Waals surface area contributed by atoms with Crippen LogP contribution in [0.25, 0.3) is 5.69 Å². The number of amides is 1. The molecule has 1 fully saturated rings. The number of fused-ring (bicyclic) bond motifs is 4. The van der Waals surface area contributed by atoms with Gasteiger partial charge in [-0.25, -0.2) is 0 Å². The Kier molecular flexibility index (Phi) is 2.22. The molecule has 1 N–H and O–H groups in total. The Balaban J connectivity index is 2.06. The molecule has 1 aliphatic heterocycles. The van der Waals surface area contributed by atoms with E-state index >= 15 is 0 Å². The average molecular weight is 338 g/mol. The maximum Gasteiger partial charge on any atom is 0.269 e. The normalized spacial score (nSPS) is 18.5. The van der Waals surface area contributed by atoms with Gasteiger partial charge in [0.1, 0.15) is 5.69 Å². The lowest BCUT2D eigenvalue weighted by Crippen LogP contribution is -2.33. The van der Waals surface area contributed by atoms with Gasteiger partial charge in [-0.3, -0.25) is 4.79 Å². The Labute approximate surface area is 123 Å². The van der Waals surface area contributed by atoms with Crippen molar-refractivity contribution in [2.45, 2.75) is 18.4 Å². The highest BCUT2D eigenvalue weighted by Gasteiger charge is 2.49. The maximum absolute atomic E-state index is 12.3. The van der Waals surface area contributed by atoms with Gasteiger partial charge in [0.15, 0.2) is 0 Å². The number of hydrogen-bond donors (Lipinski definition) is 1. The quantitative estimate of drug-likeness (QED) is 0.782. The van der Waals surface area contributed by atoms with Gasteiger partial charge in [-0.1, -0.05) is 33.6 Å². The fourth-order valence-corrected chi connectivity index (χ4v) is 3.33. The van der Waals surface area contributed by atoms with Gasteiger partial charge < -0.3 is 9.88 Å². The van der Waals surface area contributed by atoms with E-state index < -0.39 is 0 Å². The first kappa shape index (κ1) is 11.6. The SMILES string of the molecule is O=C1NC2(CC2)c2ccc(Br)cc2-n2cc(Cl)cc21. The zero-order chi connectivity index (χ0) is 13.2. The average Bonchev–Trinajstić information content (AvgIpc) is 3.04. The van der Waals surface area contributed by atoms with Gasteiger partial charge in [0.05, 0.1) is 16.2 Å². The van der Waals surface area contributed by atoms with Crippen molar-refractivity contribution in [3.05, 3.63) is 51.2 Å². The molecule has 2 aromatic rings. The molecule has 96 valence electrons. The van der Waals surface area contributed by atoms with E-state index in [1.165, 1.54) is 0 Å². The number of carbonyl (C=O) groups is 1. The molecular weight excluding hydrogens is 328 g/mol. The Bertz CT molecular complexity index is 718. The molecule has 2 aliphatic rings. The van der Waals surface area contributed by atoms with Gasteiger partial charge in [-0.15, -0.1) is 0 Å². The first-order chi connectivity index (χ1) is 9.09. The number of hydrogen-bond acceptors (Lipinski definition) is 1. The molecule has 1 aromatic carbocycles. The number of rotatable bonds is 0. The van der Waals surface area contributed by atoms with E-state index in [2.05, 4.69) is 27.3 Å². The predicted molar refractivity (Wildman–Crippen MR) is 76.9 cm³/mol. The fraction of sp³-hybridized carbons (Fsp3) is 0.214. The van der Waals surface area contributed by atoms with E-state index in [1.807, 2.05) is 16.7 Å². The Morgan fingerprint density at radius 2 is 2.11 bits per heavy atom. The molecular formula is C14H10BrClN2O. The van der Waals surface area contributed by atoms with Crippen LogP contribution in [0, 0.1) is 0 Å². The molecule has 0 saturated heterocycles. The molecule has 1 aliphatic carbocycles. The summed E-state index contributed by atoms with van der Waals surface area (Å²) in [5, 5.41) is 3.71. The number of aromatic nitrogens is 1. The van der Waals surface area contributed by atoms with Gasteiger partial charge in [0.25, 0.3) is 5.91 Å². The van der Waals surface area contributed by atoms with Crippen molar-refractivity contribution in [1.29, 1.82) is 0 Å². The maximum atomic E-state index is 12.3. The summed E-state index contributed by atoms with van der Waals surface area (Å²) in [5.74, 6) is -0.0586. The Morgan fingerprint density at radius 1 is 1.32 bits per heavy atom. The predicted octanol–water partition coefficient (Wildman–Crippen LogP) is 3.63. The van der Waals surface area contributed by atoms with Crippen molar-refractivity contribution in [3.8, 4) is 5.69 Å². The van der Waals surface area contributed by atoms with Gasteiger partial charge in [-0.05, 0) is 31.0 Å². The van der Waals surface area contributed by atoms with E-state index in [-0.39, 0.29) is 11.4 Å². The fourth-order valence-electron chi connectivity index (χ4n) is 2.78. The zero-order valence-electron chi connectivity index (χ0n) is 9.91. The molecule has 2 heterocycles. The summed E-state index contributed by atoms with van der Waals surface area (Å²) in [5.41, 5.74) is 2.59. The van der Waals surface area contributed by atoms with E-state index in [1.54, 1.807) is 12.3 Å². The molecule has 1 spiro atoms. The summed E-state index contributed by atoms with van der Waals surface area (Å²) in [4.78, 5) is 12.3. The van der Waals surface area contributed by atoms with Crippen LogP contribution in [-0.2, 0) is 5.54 Å². The molecule has 0 atom stereocenters. The minimum absolute atomic E-state index is 0.0586. The summed E-state index contributed by atoms with van der Waals surface area (Å²) in [6.45, 7) is 0. The van der Waals surface area contributed by atoms with E-state index in [0.717, 1.165) is 28.6 Å². The first-order valence-electron chi connectivity index (χ1n) is 6.10. The minimum atomic E-state index is -0.182. The van der Waals surface area contributed by atoms with Gasteiger partial charge in [0, 0.05) is 16.2 Å². The van der Waals surface area contributed by atoms with E-state index in [9.17, 15) is 4.79 Å². The number of carbonyl (C=O) groups excluding carboxylic acids is 1. The molecule has 5 heteroatoms. The minimum Gasteiger partial charge on any atom is -0.341 e. The smallest absolute Gasteiger partial charge is 0.269 e. The van der Waals surface area contributed by atoms with Crippen molar-refractivity contribution < 1.29 is 4.79 Å². The Morgan fingerprint density at radius 3 is 2.84 bits per heavy atom. The monoisotopic (exact) mass is 336 g/mol. The molecule has 4 rings (SSSR count). The lowest BCUT2D eigenvalue weighted by atomic mass is 10.0. The first-order valence-corrected chi connectivity index (χ1v) is 7.27. The molecule has 0 bridgehead atoms. The van der Waals surface area contributed by atoms with Crippen LogP contribution in [0.15, 0.2) is 34.9 Å². The van der Waals surface area contributed by atoms with Crippen molar-refractivity contribution >= 4 is 33.4 Å². The van der Waals surface area contributed by atoms with Crippen molar-refractivity contribution in [2.75, 3.05) is 0 Å². The van der Waals surface area contributed by atoms with Crippen LogP contribution < -0.4 is 5.32 Å². The third kappa shape index (κ3) is 1.60. The second kappa shape index (κ2) is 3.64. The van der Waals surface area contributed by atoms with Crippen LogP contribution in [0.4, 0.5) is 0 Å². The Hall–Kier alpha value is -1.26. The zero-order valence-corrected chi connectivity index (χ0v) is 12.3. The molecule has 3 nitrogen and oxygen atoms in total. The molecule has 1 aromatic heterocycles. The van der Waals surface area contributed by atoms with Gasteiger partial charge >= 0.3 is 0 Å². The van der Waals surface area contributed by atoms with Crippen LogP contribution in [0.2, 0.25) is 5.02 Å². The standard InChI is InChI=1S/C14H10BrClN2O/c15-8-1-2-10-11(5-8)18-7-9(16)6-12(18)13(19)17-14(10)3-4-14/h1-2,5-7H,3-4H2,(H,17,19). The van der Waals surface area contributed by atoms with E-state index in [0.29, 0.717) is 10.7 Å². The largest absolute Gasteiger partial charge is 0.341 e. The summed E-state index contributed by atoms with van der Waals surface area (Å²) >= 11 is 9.55. The highest BCUT2D eigenvalue weighted by Crippen LogP contribution is 2.49. The molecule has 0 unspecified atom stereocenters. The summed E-state index contributed by atoms with van der Waals surface area (Å²) in [7, 11) is 0. The number of nitrogens with one attached hydrogen (secondary N) is 1. The lowest BCUT2D eigenvalue weighted by Gasteiger charge is -2.17.